The number of methoxy groups -OCH3 is 2. The van der Waals surface area contributed by atoms with E-state index in [1.165, 1.54) is 31.4 Å². The van der Waals surface area contributed by atoms with Gasteiger partial charge in [0.1, 0.15) is 5.75 Å². The van der Waals surface area contributed by atoms with Crippen LogP contribution >= 0.6 is 0 Å². The van der Waals surface area contributed by atoms with Gasteiger partial charge in [-0.15, -0.1) is 0 Å². The number of carbonyl (C=O) groups is 1. The molecule has 2 aromatic rings. The molecular formula is C18H22N2O5S. The summed E-state index contributed by atoms with van der Waals surface area (Å²) in [5.41, 5.74) is 0.816. The van der Waals surface area contributed by atoms with Gasteiger partial charge in [0, 0.05) is 31.5 Å². The van der Waals surface area contributed by atoms with Crippen molar-refractivity contribution in [1.29, 1.82) is 0 Å². The Morgan fingerprint density at radius 3 is 2.23 bits per heavy atom. The average molecular weight is 378 g/mol. The molecule has 0 unspecified atom stereocenters. The highest BCUT2D eigenvalue weighted by molar-refractivity contribution is 7.92. The standard InChI is InChI=1S/C18H22N2O5S/c1-24-13-3-12-19-18(21)14-4-10-17(11-5-14)26(22,23)20-15-6-8-16(25-2)9-7-15/h4-11,20H,3,12-13H2,1-2H3,(H,19,21). The van der Waals surface area contributed by atoms with E-state index in [9.17, 15) is 13.2 Å². The van der Waals surface area contributed by atoms with Crippen molar-refractivity contribution >= 4 is 21.6 Å². The normalized spacial score (nSPS) is 11.0. The molecule has 0 radical (unpaired) electrons. The van der Waals surface area contributed by atoms with E-state index < -0.39 is 10.0 Å². The number of hydrogen-bond donors (Lipinski definition) is 2. The quantitative estimate of drug-likeness (QED) is 0.653. The van der Waals surface area contributed by atoms with E-state index in [0.29, 0.717) is 36.6 Å². The van der Waals surface area contributed by atoms with Gasteiger partial charge in [-0.2, -0.15) is 0 Å². The number of benzene rings is 2. The van der Waals surface area contributed by atoms with Gasteiger partial charge in [-0.25, -0.2) is 8.42 Å². The van der Waals surface area contributed by atoms with Crippen LogP contribution in [0.15, 0.2) is 53.4 Å². The monoisotopic (exact) mass is 378 g/mol. The summed E-state index contributed by atoms with van der Waals surface area (Å²) in [6, 6.07) is 12.3. The molecule has 0 bridgehead atoms. The lowest BCUT2D eigenvalue weighted by molar-refractivity contribution is 0.0948. The Bertz CT molecular complexity index is 818. The predicted octanol–water partition coefficient (Wildman–Crippen LogP) is 2.26. The molecule has 7 nitrogen and oxygen atoms in total. The smallest absolute Gasteiger partial charge is 0.261 e. The number of anilines is 1. The summed E-state index contributed by atoms with van der Waals surface area (Å²) in [6.07, 6.45) is 0.709. The molecule has 2 N–H and O–H groups in total. The van der Waals surface area contributed by atoms with Crippen molar-refractivity contribution in [2.24, 2.45) is 0 Å². The molecule has 0 saturated heterocycles. The summed E-state index contributed by atoms with van der Waals surface area (Å²) in [4.78, 5) is 12.1. The molecule has 0 heterocycles. The largest absolute Gasteiger partial charge is 0.497 e. The molecule has 0 atom stereocenters. The van der Waals surface area contributed by atoms with Gasteiger partial charge in [0.25, 0.3) is 15.9 Å². The van der Waals surface area contributed by atoms with Crippen molar-refractivity contribution in [2.75, 3.05) is 32.1 Å². The van der Waals surface area contributed by atoms with Crippen molar-refractivity contribution in [3.8, 4) is 5.75 Å². The first-order valence-electron chi connectivity index (χ1n) is 8.00. The van der Waals surface area contributed by atoms with Crippen molar-refractivity contribution in [1.82, 2.24) is 5.32 Å². The first-order chi connectivity index (χ1) is 12.5. The molecule has 2 aromatic carbocycles. The first kappa shape index (κ1) is 19.7. The molecular weight excluding hydrogens is 356 g/mol. The van der Waals surface area contributed by atoms with Gasteiger partial charge < -0.3 is 14.8 Å². The molecule has 26 heavy (non-hydrogen) atoms. The third-order valence-electron chi connectivity index (χ3n) is 3.58. The highest BCUT2D eigenvalue weighted by atomic mass is 32.2. The maximum atomic E-state index is 12.4. The summed E-state index contributed by atoms with van der Waals surface area (Å²) in [5, 5.41) is 2.75. The maximum Gasteiger partial charge on any atom is 0.261 e. The zero-order chi connectivity index (χ0) is 19.0. The molecule has 140 valence electrons. The third-order valence-corrected chi connectivity index (χ3v) is 4.98. The van der Waals surface area contributed by atoms with E-state index in [2.05, 4.69) is 10.0 Å². The molecule has 0 saturated carbocycles. The number of nitrogens with one attached hydrogen (secondary N) is 2. The number of carbonyl (C=O) groups excluding carboxylic acids is 1. The van der Waals surface area contributed by atoms with Crippen LogP contribution in [0.1, 0.15) is 16.8 Å². The Hall–Kier alpha value is -2.58. The van der Waals surface area contributed by atoms with Crippen LogP contribution in [0.2, 0.25) is 0 Å². The fourth-order valence-electron chi connectivity index (χ4n) is 2.18. The lowest BCUT2D eigenvalue weighted by Gasteiger charge is -2.10. The van der Waals surface area contributed by atoms with Gasteiger partial charge >= 0.3 is 0 Å². The van der Waals surface area contributed by atoms with Crippen LogP contribution < -0.4 is 14.8 Å². The molecule has 0 spiro atoms. The number of ether oxygens (including phenoxy) is 2. The Kier molecular flexibility index (Phi) is 6.99. The first-order valence-corrected chi connectivity index (χ1v) is 9.48. The Morgan fingerprint density at radius 1 is 1.00 bits per heavy atom. The Morgan fingerprint density at radius 2 is 1.65 bits per heavy atom. The Balaban J connectivity index is 2.02. The van der Waals surface area contributed by atoms with Gasteiger partial charge in [0.2, 0.25) is 0 Å². The molecule has 8 heteroatoms. The minimum absolute atomic E-state index is 0.0734. The molecule has 2 rings (SSSR count). The van der Waals surface area contributed by atoms with Crippen LogP contribution in [-0.2, 0) is 14.8 Å². The van der Waals surface area contributed by atoms with Crippen molar-refractivity contribution in [3.05, 3.63) is 54.1 Å². The van der Waals surface area contributed by atoms with Crippen LogP contribution in [0, 0.1) is 0 Å². The molecule has 0 aliphatic carbocycles. The van der Waals surface area contributed by atoms with E-state index in [1.807, 2.05) is 0 Å². The van der Waals surface area contributed by atoms with Gasteiger partial charge in [0.15, 0.2) is 0 Å². The lowest BCUT2D eigenvalue weighted by atomic mass is 10.2. The van der Waals surface area contributed by atoms with E-state index in [1.54, 1.807) is 31.4 Å². The maximum absolute atomic E-state index is 12.4. The second-order valence-electron chi connectivity index (χ2n) is 5.46. The number of sulfonamides is 1. The van der Waals surface area contributed by atoms with Crippen LogP contribution in [0.5, 0.6) is 5.75 Å². The second kappa shape index (κ2) is 9.21. The van der Waals surface area contributed by atoms with Crippen LogP contribution in [0.3, 0.4) is 0 Å². The van der Waals surface area contributed by atoms with Crippen LogP contribution in [0.25, 0.3) is 0 Å². The fourth-order valence-corrected chi connectivity index (χ4v) is 3.24. The van der Waals surface area contributed by atoms with E-state index >= 15 is 0 Å². The zero-order valence-corrected chi connectivity index (χ0v) is 15.5. The van der Waals surface area contributed by atoms with Crippen LogP contribution in [0.4, 0.5) is 5.69 Å². The zero-order valence-electron chi connectivity index (χ0n) is 14.7. The molecule has 0 fully saturated rings. The van der Waals surface area contributed by atoms with Gasteiger partial charge in [-0.3, -0.25) is 9.52 Å². The molecule has 1 amide bonds. The van der Waals surface area contributed by atoms with Gasteiger partial charge in [-0.05, 0) is 55.0 Å². The van der Waals surface area contributed by atoms with Crippen molar-refractivity contribution in [3.63, 3.8) is 0 Å². The van der Waals surface area contributed by atoms with Crippen molar-refractivity contribution < 1.29 is 22.7 Å². The number of hydrogen-bond acceptors (Lipinski definition) is 5. The SMILES string of the molecule is COCCCNC(=O)c1ccc(S(=O)(=O)Nc2ccc(OC)cc2)cc1. The minimum Gasteiger partial charge on any atom is -0.497 e. The topological polar surface area (TPSA) is 93.7 Å². The minimum atomic E-state index is -3.74. The predicted molar refractivity (Wildman–Crippen MR) is 99.1 cm³/mol. The molecule has 0 aromatic heterocycles. The van der Waals surface area contributed by atoms with Gasteiger partial charge in [-0.1, -0.05) is 0 Å². The molecule has 0 aliphatic heterocycles. The summed E-state index contributed by atoms with van der Waals surface area (Å²) in [5.74, 6) is 0.377. The average Bonchev–Trinajstić information content (AvgIpc) is 2.65. The van der Waals surface area contributed by atoms with E-state index in [4.69, 9.17) is 9.47 Å². The second-order valence-corrected chi connectivity index (χ2v) is 7.14. The summed E-state index contributed by atoms with van der Waals surface area (Å²) in [7, 11) is -0.604. The summed E-state index contributed by atoms with van der Waals surface area (Å²) < 4.78 is 37.3. The van der Waals surface area contributed by atoms with Gasteiger partial charge in [0.05, 0.1) is 12.0 Å². The fraction of sp³-hybridized carbons (Fsp3) is 0.278. The highest BCUT2D eigenvalue weighted by Gasteiger charge is 2.15. The summed E-state index contributed by atoms with van der Waals surface area (Å²) >= 11 is 0. The molecule has 0 aliphatic rings. The van der Waals surface area contributed by atoms with E-state index in [0.717, 1.165) is 0 Å². The number of rotatable bonds is 9. The van der Waals surface area contributed by atoms with E-state index in [-0.39, 0.29) is 10.8 Å². The lowest BCUT2D eigenvalue weighted by Crippen LogP contribution is -2.25. The Labute approximate surface area is 153 Å². The van der Waals surface area contributed by atoms with Crippen LogP contribution in [-0.4, -0.2) is 41.7 Å². The summed E-state index contributed by atoms with van der Waals surface area (Å²) in [6.45, 7) is 1.06. The van der Waals surface area contributed by atoms with Crippen molar-refractivity contribution in [2.45, 2.75) is 11.3 Å². The highest BCUT2D eigenvalue weighted by Crippen LogP contribution is 2.19. The third kappa shape index (κ3) is 5.47. The number of amides is 1.